The monoisotopic (exact) mass is 323 g/mol. The Morgan fingerprint density at radius 2 is 2.21 bits per heavy atom. The number of aromatic amines is 1. The Balaban J connectivity index is 1.66. The lowest BCUT2D eigenvalue weighted by molar-refractivity contribution is 0.142. The maximum atomic E-state index is 11.3. The maximum absolute atomic E-state index is 11.3. The summed E-state index contributed by atoms with van der Waals surface area (Å²) >= 11 is 0. The van der Waals surface area contributed by atoms with Crippen LogP contribution < -0.4 is 4.74 Å². The second-order valence-electron chi connectivity index (χ2n) is 5.87. The Morgan fingerprint density at radius 1 is 1.29 bits per heavy atom. The van der Waals surface area contributed by atoms with Crippen LogP contribution in [-0.2, 0) is 13.0 Å². The number of hydrogen-bond acceptors (Lipinski definition) is 3. The minimum Gasteiger partial charge on any atom is -0.465 e. The molecule has 0 spiro atoms. The summed E-state index contributed by atoms with van der Waals surface area (Å²) in [5.41, 5.74) is 2.83. The molecular weight excluding hydrogens is 306 g/mol. The number of rotatable bonds is 2. The molecule has 4 rings (SSSR count). The number of pyridine rings is 1. The van der Waals surface area contributed by atoms with Crippen LogP contribution in [-0.4, -0.2) is 32.6 Å². The van der Waals surface area contributed by atoms with E-state index in [-0.39, 0.29) is 0 Å². The van der Waals surface area contributed by atoms with Gasteiger partial charge in [0, 0.05) is 35.4 Å². The first kappa shape index (κ1) is 14.6. The minimum atomic E-state index is -0.908. The van der Waals surface area contributed by atoms with Gasteiger partial charge in [0.25, 0.3) is 0 Å². The Bertz CT molecular complexity index is 903. The van der Waals surface area contributed by atoms with Gasteiger partial charge in [-0.05, 0) is 43.2 Å². The van der Waals surface area contributed by atoms with Crippen LogP contribution in [0.15, 0.2) is 42.7 Å². The molecule has 0 unspecified atom stereocenters. The van der Waals surface area contributed by atoms with Gasteiger partial charge >= 0.3 is 6.09 Å². The summed E-state index contributed by atoms with van der Waals surface area (Å²) in [7, 11) is 0. The van der Waals surface area contributed by atoms with Gasteiger partial charge in [0.2, 0.25) is 0 Å². The van der Waals surface area contributed by atoms with E-state index in [9.17, 15) is 9.90 Å². The number of benzene rings is 1. The fourth-order valence-corrected chi connectivity index (χ4v) is 3.11. The van der Waals surface area contributed by atoms with E-state index in [4.69, 9.17) is 4.74 Å². The van der Waals surface area contributed by atoms with Crippen LogP contribution in [0.5, 0.6) is 11.5 Å². The summed E-state index contributed by atoms with van der Waals surface area (Å²) in [4.78, 5) is 20.2. The first-order valence-corrected chi connectivity index (χ1v) is 7.90. The number of amides is 1. The fourth-order valence-electron chi connectivity index (χ4n) is 3.11. The summed E-state index contributed by atoms with van der Waals surface area (Å²) in [5, 5.41) is 10.3. The van der Waals surface area contributed by atoms with Gasteiger partial charge in [0.15, 0.2) is 0 Å². The van der Waals surface area contributed by atoms with Gasteiger partial charge in [-0.2, -0.15) is 0 Å². The van der Waals surface area contributed by atoms with Gasteiger partial charge in [-0.3, -0.25) is 4.98 Å². The zero-order valence-corrected chi connectivity index (χ0v) is 13.0. The predicted octanol–water partition coefficient (Wildman–Crippen LogP) is 3.78. The van der Waals surface area contributed by atoms with Gasteiger partial charge in [-0.25, -0.2) is 4.79 Å². The second-order valence-corrected chi connectivity index (χ2v) is 5.87. The Hall–Kier alpha value is -3.02. The van der Waals surface area contributed by atoms with Crippen molar-refractivity contribution in [1.29, 1.82) is 0 Å². The van der Waals surface area contributed by atoms with Crippen molar-refractivity contribution in [2.75, 3.05) is 6.54 Å². The SMILES string of the molecule is O=C(O)N1CCCc2c(Oc3ccc4[nH]ccc4c3)ccnc2C1. The quantitative estimate of drug-likeness (QED) is 0.752. The summed E-state index contributed by atoms with van der Waals surface area (Å²) in [6.45, 7) is 0.819. The topological polar surface area (TPSA) is 78.5 Å². The molecule has 0 bridgehead atoms. The molecule has 122 valence electrons. The van der Waals surface area contributed by atoms with Gasteiger partial charge in [0.1, 0.15) is 11.5 Å². The van der Waals surface area contributed by atoms with Crippen molar-refractivity contribution in [3.8, 4) is 11.5 Å². The number of carboxylic acid groups (broad SMARTS) is 1. The Kier molecular flexibility index (Phi) is 3.57. The van der Waals surface area contributed by atoms with Crippen LogP contribution in [0.25, 0.3) is 10.9 Å². The largest absolute Gasteiger partial charge is 0.465 e. The molecule has 2 aromatic heterocycles. The molecule has 0 atom stereocenters. The summed E-state index contributed by atoms with van der Waals surface area (Å²) < 4.78 is 6.09. The van der Waals surface area contributed by atoms with Crippen molar-refractivity contribution < 1.29 is 14.6 Å². The third kappa shape index (κ3) is 2.67. The van der Waals surface area contributed by atoms with E-state index in [1.807, 2.05) is 36.5 Å². The molecular formula is C18H17N3O3. The summed E-state index contributed by atoms with van der Waals surface area (Å²) in [6, 6.07) is 9.73. The number of ether oxygens (including phenoxy) is 1. The molecule has 3 heterocycles. The Labute approximate surface area is 138 Å². The van der Waals surface area contributed by atoms with Crippen LogP contribution in [0.2, 0.25) is 0 Å². The molecule has 24 heavy (non-hydrogen) atoms. The number of aromatic nitrogens is 2. The average Bonchev–Trinajstić information content (AvgIpc) is 2.91. The predicted molar refractivity (Wildman–Crippen MR) is 89.4 cm³/mol. The van der Waals surface area contributed by atoms with E-state index in [1.54, 1.807) is 6.20 Å². The van der Waals surface area contributed by atoms with Crippen LogP contribution in [0, 0.1) is 0 Å². The molecule has 2 N–H and O–H groups in total. The fraction of sp³-hybridized carbons (Fsp3) is 0.222. The molecule has 0 saturated heterocycles. The second kappa shape index (κ2) is 5.88. The van der Waals surface area contributed by atoms with Crippen molar-refractivity contribution in [3.05, 3.63) is 54.0 Å². The summed E-state index contributed by atoms with van der Waals surface area (Å²) in [5.74, 6) is 1.51. The number of nitrogens with zero attached hydrogens (tertiary/aromatic N) is 2. The lowest BCUT2D eigenvalue weighted by Gasteiger charge is -2.16. The standard InChI is InChI=1S/C18H17N3O3/c22-18(23)21-9-1-2-14-16(11-21)20-8-6-17(14)24-13-3-4-15-12(10-13)5-7-19-15/h3-8,10,19H,1-2,9,11H2,(H,22,23). The molecule has 6 nitrogen and oxygen atoms in total. The molecule has 0 radical (unpaired) electrons. The molecule has 0 aliphatic carbocycles. The normalized spacial score (nSPS) is 14.2. The highest BCUT2D eigenvalue weighted by Gasteiger charge is 2.21. The third-order valence-corrected chi connectivity index (χ3v) is 4.32. The molecule has 1 amide bonds. The van der Waals surface area contributed by atoms with E-state index in [0.717, 1.165) is 46.5 Å². The average molecular weight is 323 g/mol. The molecule has 1 aliphatic heterocycles. The molecule has 3 aromatic rings. The van der Waals surface area contributed by atoms with Crippen LogP contribution in [0.3, 0.4) is 0 Å². The number of nitrogens with one attached hydrogen (secondary N) is 1. The zero-order valence-electron chi connectivity index (χ0n) is 13.0. The third-order valence-electron chi connectivity index (χ3n) is 4.32. The number of fused-ring (bicyclic) bond motifs is 2. The van der Waals surface area contributed by atoms with E-state index in [0.29, 0.717) is 13.1 Å². The minimum absolute atomic E-state index is 0.304. The smallest absolute Gasteiger partial charge is 0.407 e. The van der Waals surface area contributed by atoms with Crippen molar-refractivity contribution in [2.24, 2.45) is 0 Å². The van der Waals surface area contributed by atoms with Crippen LogP contribution >= 0.6 is 0 Å². The van der Waals surface area contributed by atoms with Gasteiger partial charge in [-0.1, -0.05) is 0 Å². The lowest BCUT2D eigenvalue weighted by Crippen LogP contribution is -2.29. The van der Waals surface area contributed by atoms with E-state index >= 15 is 0 Å². The number of hydrogen-bond donors (Lipinski definition) is 2. The lowest BCUT2D eigenvalue weighted by atomic mass is 10.1. The molecule has 1 aliphatic rings. The highest BCUT2D eigenvalue weighted by molar-refractivity contribution is 5.80. The van der Waals surface area contributed by atoms with Crippen molar-refractivity contribution >= 4 is 17.0 Å². The zero-order chi connectivity index (χ0) is 16.5. The van der Waals surface area contributed by atoms with E-state index in [1.165, 1.54) is 4.90 Å². The van der Waals surface area contributed by atoms with Gasteiger partial charge in [-0.15, -0.1) is 0 Å². The van der Waals surface area contributed by atoms with Crippen molar-refractivity contribution in [3.63, 3.8) is 0 Å². The van der Waals surface area contributed by atoms with Crippen LogP contribution in [0.1, 0.15) is 17.7 Å². The molecule has 0 saturated carbocycles. The first-order valence-electron chi connectivity index (χ1n) is 7.90. The number of carbonyl (C=O) groups is 1. The highest BCUT2D eigenvalue weighted by atomic mass is 16.5. The Morgan fingerprint density at radius 3 is 3.08 bits per heavy atom. The maximum Gasteiger partial charge on any atom is 0.407 e. The highest BCUT2D eigenvalue weighted by Crippen LogP contribution is 2.31. The molecule has 1 aromatic carbocycles. The van der Waals surface area contributed by atoms with E-state index < -0.39 is 6.09 Å². The first-order chi connectivity index (χ1) is 11.7. The van der Waals surface area contributed by atoms with Crippen molar-refractivity contribution in [2.45, 2.75) is 19.4 Å². The molecule has 0 fully saturated rings. The van der Waals surface area contributed by atoms with Gasteiger partial charge < -0.3 is 19.7 Å². The van der Waals surface area contributed by atoms with E-state index in [2.05, 4.69) is 9.97 Å². The summed E-state index contributed by atoms with van der Waals surface area (Å²) in [6.07, 6.45) is 4.18. The van der Waals surface area contributed by atoms with Crippen LogP contribution in [0.4, 0.5) is 4.79 Å². The number of H-pyrrole nitrogens is 1. The molecule has 6 heteroatoms. The van der Waals surface area contributed by atoms with Gasteiger partial charge in [0.05, 0.1) is 12.2 Å². The van der Waals surface area contributed by atoms with Crippen molar-refractivity contribution in [1.82, 2.24) is 14.9 Å².